The van der Waals surface area contributed by atoms with Gasteiger partial charge in [0.25, 0.3) is 0 Å². The second kappa shape index (κ2) is 7.88. The van der Waals surface area contributed by atoms with Crippen LogP contribution in [0.4, 0.5) is 5.69 Å². The number of carbonyl (C=O) groups is 2. The summed E-state index contributed by atoms with van der Waals surface area (Å²) in [6.07, 6.45) is 0.346. The molecule has 24 heavy (non-hydrogen) atoms. The van der Waals surface area contributed by atoms with E-state index in [0.29, 0.717) is 26.1 Å². The lowest BCUT2D eigenvalue weighted by Gasteiger charge is -2.36. The van der Waals surface area contributed by atoms with Crippen LogP contribution in [0.5, 0.6) is 0 Å². The van der Waals surface area contributed by atoms with Gasteiger partial charge < -0.3 is 15.1 Å². The Kier molecular flexibility index (Phi) is 6.10. The van der Waals surface area contributed by atoms with Crippen LogP contribution in [0.25, 0.3) is 0 Å². The molecule has 0 unspecified atom stereocenters. The van der Waals surface area contributed by atoms with Crippen molar-refractivity contribution in [1.29, 1.82) is 0 Å². The summed E-state index contributed by atoms with van der Waals surface area (Å²) < 4.78 is 0. The monoisotopic (exact) mass is 351 g/mol. The zero-order valence-corrected chi connectivity index (χ0v) is 15.4. The van der Waals surface area contributed by atoms with Crippen molar-refractivity contribution in [2.24, 2.45) is 5.41 Å². The minimum absolute atomic E-state index is 0.0268. The van der Waals surface area contributed by atoms with Crippen molar-refractivity contribution in [1.82, 2.24) is 10.2 Å². The second-order valence-corrected chi connectivity index (χ2v) is 7.54. The molecule has 1 heterocycles. The molecule has 2 amide bonds. The molecule has 0 radical (unpaired) electrons. The molecule has 0 bridgehead atoms. The molecule has 1 aromatic carbocycles. The Balaban J connectivity index is 1.76. The average molecular weight is 352 g/mol. The molecule has 0 atom stereocenters. The summed E-state index contributed by atoms with van der Waals surface area (Å²) >= 11 is 6.03. The predicted molar refractivity (Wildman–Crippen MR) is 97.3 cm³/mol. The number of anilines is 1. The highest BCUT2D eigenvalue weighted by molar-refractivity contribution is 6.30. The Bertz CT molecular complexity index is 590. The van der Waals surface area contributed by atoms with E-state index in [0.717, 1.165) is 23.8 Å². The van der Waals surface area contributed by atoms with Gasteiger partial charge in [-0.15, -0.1) is 0 Å². The third-order valence-electron chi connectivity index (χ3n) is 4.11. The van der Waals surface area contributed by atoms with E-state index in [1.807, 2.05) is 49.9 Å². The molecular weight excluding hydrogens is 326 g/mol. The van der Waals surface area contributed by atoms with Gasteiger partial charge in [0.1, 0.15) is 0 Å². The number of carbonyl (C=O) groups excluding carboxylic acids is 2. The molecule has 0 aliphatic carbocycles. The summed E-state index contributed by atoms with van der Waals surface area (Å²) in [6.45, 7) is 8.94. The van der Waals surface area contributed by atoms with Gasteiger partial charge in [-0.2, -0.15) is 0 Å². The molecule has 132 valence electrons. The molecule has 1 fully saturated rings. The Hall–Kier alpha value is -1.75. The molecule has 1 saturated heterocycles. The highest BCUT2D eigenvalue weighted by Gasteiger charge is 2.23. The average Bonchev–Trinajstić information content (AvgIpc) is 2.54. The van der Waals surface area contributed by atoms with E-state index < -0.39 is 5.41 Å². The largest absolute Gasteiger partial charge is 0.368 e. The first-order valence-electron chi connectivity index (χ1n) is 8.34. The first kappa shape index (κ1) is 18.6. The lowest BCUT2D eigenvalue weighted by atomic mass is 9.96. The van der Waals surface area contributed by atoms with Crippen molar-refractivity contribution in [2.45, 2.75) is 27.2 Å². The first-order chi connectivity index (χ1) is 11.3. The molecule has 6 heteroatoms. The molecular formula is C18H26ClN3O2. The zero-order chi connectivity index (χ0) is 17.7. The van der Waals surface area contributed by atoms with E-state index in [4.69, 9.17) is 11.6 Å². The normalized spacial score (nSPS) is 15.3. The van der Waals surface area contributed by atoms with E-state index in [-0.39, 0.29) is 11.8 Å². The topological polar surface area (TPSA) is 52.7 Å². The molecule has 1 aromatic rings. The molecule has 1 aliphatic heterocycles. The van der Waals surface area contributed by atoms with Crippen molar-refractivity contribution in [3.05, 3.63) is 29.3 Å². The standard InChI is InChI=1S/C18H26ClN3O2/c1-18(2,3)17(24)20-8-7-16(23)22-11-9-21(10-12-22)15-6-4-5-14(19)13-15/h4-6,13H,7-12H2,1-3H3,(H,20,24). The van der Waals surface area contributed by atoms with Gasteiger partial charge in [-0.1, -0.05) is 38.4 Å². The summed E-state index contributed by atoms with van der Waals surface area (Å²) in [7, 11) is 0. The van der Waals surface area contributed by atoms with Crippen molar-refractivity contribution in [2.75, 3.05) is 37.6 Å². The molecule has 0 aromatic heterocycles. The van der Waals surface area contributed by atoms with Gasteiger partial charge >= 0.3 is 0 Å². The molecule has 1 aliphatic rings. The zero-order valence-electron chi connectivity index (χ0n) is 14.6. The number of amides is 2. The van der Waals surface area contributed by atoms with Crippen LogP contribution in [0, 0.1) is 5.41 Å². The number of nitrogens with zero attached hydrogens (tertiary/aromatic N) is 2. The van der Waals surface area contributed by atoms with E-state index >= 15 is 0 Å². The van der Waals surface area contributed by atoms with Crippen LogP contribution < -0.4 is 10.2 Å². The molecule has 0 saturated carbocycles. The number of rotatable bonds is 4. The summed E-state index contributed by atoms with van der Waals surface area (Å²) in [5.41, 5.74) is 0.665. The SMILES string of the molecule is CC(C)(C)C(=O)NCCC(=O)N1CCN(c2cccc(Cl)c2)CC1. The third-order valence-corrected chi connectivity index (χ3v) is 4.35. The molecule has 0 spiro atoms. The summed E-state index contributed by atoms with van der Waals surface area (Å²) in [5.74, 6) is 0.0658. The Morgan fingerprint density at radius 2 is 1.83 bits per heavy atom. The smallest absolute Gasteiger partial charge is 0.225 e. The van der Waals surface area contributed by atoms with Crippen LogP contribution in [0.2, 0.25) is 5.02 Å². The van der Waals surface area contributed by atoms with Gasteiger partial charge in [-0.05, 0) is 18.2 Å². The van der Waals surface area contributed by atoms with Crippen molar-refractivity contribution >= 4 is 29.1 Å². The van der Waals surface area contributed by atoms with Crippen LogP contribution in [0.15, 0.2) is 24.3 Å². The Labute approximate surface area is 149 Å². The number of halogens is 1. The van der Waals surface area contributed by atoms with Gasteiger partial charge in [0.2, 0.25) is 11.8 Å². The Morgan fingerprint density at radius 3 is 2.42 bits per heavy atom. The van der Waals surface area contributed by atoms with Crippen LogP contribution in [0.1, 0.15) is 27.2 Å². The first-order valence-corrected chi connectivity index (χ1v) is 8.72. The maximum Gasteiger partial charge on any atom is 0.225 e. The van der Waals surface area contributed by atoms with Gasteiger partial charge in [-0.3, -0.25) is 9.59 Å². The van der Waals surface area contributed by atoms with Crippen molar-refractivity contribution in [3.8, 4) is 0 Å². The van der Waals surface area contributed by atoms with Gasteiger partial charge in [0, 0.05) is 55.3 Å². The Morgan fingerprint density at radius 1 is 1.17 bits per heavy atom. The number of benzene rings is 1. The van der Waals surface area contributed by atoms with Crippen LogP contribution in [-0.2, 0) is 9.59 Å². The third kappa shape index (κ3) is 5.13. The quantitative estimate of drug-likeness (QED) is 0.907. The van der Waals surface area contributed by atoms with Crippen LogP contribution in [0.3, 0.4) is 0 Å². The second-order valence-electron chi connectivity index (χ2n) is 7.10. The molecule has 2 rings (SSSR count). The minimum atomic E-state index is -0.425. The summed E-state index contributed by atoms with van der Waals surface area (Å²) in [4.78, 5) is 28.2. The van der Waals surface area contributed by atoms with E-state index in [1.165, 1.54) is 0 Å². The number of piperazine rings is 1. The van der Waals surface area contributed by atoms with E-state index in [1.54, 1.807) is 0 Å². The maximum atomic E-state index is 12.3. The molecule has 1 N–H and O–H groups in total. The maximum absolute atomic E-state index is 12.3. The van der Waals surface area contributed by atoms with Gasteiger partial charge in [0.05, 0.1) is 0 Å². The van der Waals surface area contributed by atoms with E-state index in [9.17, 15) is 9.59 Å². The molecule has 5 nitrogen and oxygen atoms in total. The minimum Gasteiger partial charge on any atom is -0.368 e. The predicted octanol–water partition coefficient (Wildman–Crippen LogP) is 2.54. The fraction of sp³-hybridized carbons (Fsp3) is 0.556. The van der Waals surface area contributed by atoms with Crippen molar-refractivity contribution < 1.29 is 9.59 Å². The van der Waals surface area contributed by atoms with Gasteiger partial charge in [0.15, 0.2) is 0 Å². The van der Waals surface area contributed by atoms with Gasteiger partial charge in [-0.25, -0.2) is 0 Å². The highest BCUT2D eigenvalue weighted by atomic mass is 35.5. The van der Waals surface area contributed by atoms with Crippen molar-refractivity contribution in [3.63, 3.8) is 0 Å². The fourth-order valence-corrected chi connectivity index (χ4v) is 2.78. The number of hydrogen-bond acceptors (Lipinski definition) is 3. The number of hydrogen-bond donors (Lipinski definition) is 1. The highest BCUT2D eigenvalue weighted by Crippen LogP contribution is 2.21. The van der Waals surface area contributed by atoms with Crippen LogP contribution in [-0.4, -0.2) is 49.4 Å². The lowest BCUT2D eigenvalue weighted by Crippen LogP contribution is -2.49. The lowest BCUT2D eigenvalue weighted by molar-refractivity contribution is -0.132. The number of nitrogens with one attached hydrogen (secondary N) is 1. The summed E-state index contributed by atoms with van der Waals surface area (Å²) in [6, 6.07) is 7.77. The fourth-order valence-electron chi connectivity index (χ4n) is 2.59. The van der Waals surface area contributed by atoms with E-state index in [2.05, 4.69) is 10.2 Å². The van der Waals surface area contributed by atoms with Crippen LogP contribution >= 0.6 is 11.6 Å². The summed E-state index contributed by atoms with van der Waals surface area (Å²) in [5, 5.41) is 3.54.